The smallest absolute Gasteiger partial charge is 0.396 e. The summed E-state index contributed by atoms with van der Waals surface area (Å²) in [6.07, 6.45) is -4.17. The lowest BCUT2D eigenvalue weighted by atomic mass is 10.1. The van der Waals surface area contributed by atoms with E-state index in [1.54, 1.807) is 6.92 Å². The van der Waals surface area contributed by atoms with Crippen molar-refractivity contribution < 1.29 is 23.1 Å². The first-order chi connectivity index (χ1) is 8.40. The maximum atomic E-state index is 12.7. The molecule has 2 N–H and O–H groups in total. The Morgan fingerprint density at radius 2 is 2.00 bits per heavy atom. The number of rotatable bonds is 4. The van der Waals surface area contributed by atoms with Gasteiger partial charge in [-0.15, -0.1) is 0 Å². The second kappa shape index (κ2) is 5.86. The first-order valence-electron chi connectivity index (χ1n) is 5.48. The van der Waals surface area contributed by atoms with Gasteiger partial charge in [0.15, 0.2) is 0 Å². The van der Waals surface area contributed by atoms with Crippen molar-refractivity contribution in [1.82, 2.24) is 0 Å². The lowest BCUT2D eigenvalue weighted by molar-refractivity contribution is -0.137. The molecule has 18 heavy (non-hydrogen) atoms. The van der Waals surface area contributed by atoms with Crippen LogP contribution in [0.25, 0.3) is 0 Å². The van der Waals surface area contributed by atoms with Crippen molar-refractivity contribution in [2.24, 2.45) is 5.92 Å². The molecule has 0 aliphatic heterocycles. The van der Waals surface area contributed by atoms with Gasteiger partial charge < -0.3 is 10.4 Å². The number of alkyl halides is 3. The standard InChI is InChI=1S/C12H14F3NO2/c1-2-8(7-17)11(18)16-10-6-4-3-5-9(10)12(13,14)15/h3-6,8,17H,2,7H2,1H3,(H,16,18). The third kappa shape index (κ3) is 3.46. The molecule has 0 radical (unpaired) electrons. The van der Waals surface area contributed by atoms with E-state index in [2.05, 4.69) is 5.32 Å². The molecule has 1 aromatic rings. The van der Waals surface area contributed by atoms with Crippen LogP contribution in [0.3, 0.4) is 0 Å². The number of carbonyl (C=O) groups excluding carboxylic acids is 1. The Hall–Kier alpha value is -1.56. The Morgan fingerprint density at radius 3 is 2.50 bits per heavy atom. The highest BCUT2D eigenvalue weighted by atomic mass is 19.4. The molecule has 1 unspecified atom stereocenters. The largest absolute Gasteiger partial charge is 0.418 e. The van der Waals surface area contributed by atoms with Crippen molar-refractivity contribution in [3.05, 3.63) is 29.8 Å². The van der Waals surface area contributed by atoms with Crippen LogP contribution in [0.1, 0.15) is 18.9 Å². The molecular weight excluding hydrogens is 247 g/mol. The Kier molecular flexibility index (Phi) is 4.72. The van der Waals surface area contributed by atoms with Gasteiger partial charge in [-0.05, 0) is 18.6 Å². The van der Waals surface area contributed by atoms with Crippen LogP contribution in [-0.2, 0) is 11.0 Å². The molecular formula is C12H14F3NO2. The van der Waals surface area contributed by atoms with Crippen LogP contribution in [0, 0.1) is 5.92 Å². The van der Waals surface area contributed by atoms with Crippen molar-refractivity contribution in [1.29, 1.82) is 0 Å². The molecule has 0 saturated carbocycles. The minimum absolute atomic E-state index is 0.290. The van der Waals surface area contributed by atoms with Gasteiger partial charge in [0.2, 0.25) is 5.91 Å². The lowest BCUT2D eigenvalue weighted by Crippen LogP contribution is -2.26. The highest BCUT2D eigenvalue weighted by Crippen LogP contribution is 2.34. The van der Waals surface area contributed by atoms with E-state index in [1.807, 2.05) is 0 Å². The summed E-state index contributed by atoms with van der Waals surface area (Å²) < 4.78 is 38.0. The Balaban J connectivity index is 2.95. The van der Waals surface area contributed by atoms with E-state index in [9.17, 15) is 18.0 Å². The molecule has 0 spiro atoms. The van der Waals surface area contributed by atoms with Crippen LogP contribution in [0.2, 0.25) is 0 Å². The average Bonchev–Trinajstić information content (AvgIpc) is 2.30. The zero-order valence-corrected chi connectivity index (χ0v) is 9.79. The van der Waals surface area contributed by atoms with Crippen molar-refractivity contribution >= 4 is 11.6 Å². The third-order valence-corrected chi connectivity index (χ3v) is 2.57. The lowest BCUT2D eigenvalue weighted by Gasteiger charge is -2.16. The van der Waals surface area contributed by atoms with E-state index < -0.39 is 30.2 Å². The van der Waals surface area contributed by atoms with Gasteiger partial charge in [0.1, 0.15) is 0 Å². The molecule has 1 atom stereocenters. The number of amides is 1. The van der Waals surface area contributed by atoms with Crippen LogP contribution in [0.4, 0.5) is 18.9 Å². The number of halogens is 3. The first kappa shape index (κ1) is 14.5. The molecule has 0 aliphatic carbocycles. The van der Waals surface area contributed by atoms with Crippen molar-refractivity contribution in [2.75, 3.05) is 11.9 Å². The molecule has 3 nitrogen and oxygen atoms in total. The number of para-hydroxylation sites is 1. The summed E-state index contributed by atoms with van der Waals surface area (Å²) in [7, 11) is 0. The third-order valence-electron chi connectivity index (χ3n) is 2.57. The SMILES string of the molecule is CCC(CO)C(=O)Nc1ccccc1C(F)(F)F. The van der Waals surface area contributed by atoms with E-state index >= 15 is 0 Å². The normalized spacial score (nSPS) is 13.2. The van der Waals surface area contributed by atoms with Crippen molar-refractivity contribution in [2.45, 2.75) is 19.5 Å². The number of carbonyl (C=O) groups is 1. The van der Waals surface area contributed by atoms with Crippen molar-refractivity contribution in [3.63, 3.8) is 0 Å². The molecule has 0 aliphatic rings. The molecule has 1 amide bonds. The molecule has 0 bridgehead atoms. The summed E-state index contributed by atoms with van der Waals surface area (Å²) in [5, 5.41) is 11.1. The van der Waals surface area contributed by atoms with E-state index in [0.29, 0.717) is 6.42 Å². The fourth-order valence-corrected chi connectivity index (χ4v) is 1.47. The summed E-state index contributed by atoms with van der Waals surface area (Å²) in [6, 6.07) is 4.74. The minimum atomic E-state index is -4.52. The van der Waals surface area contributed by atoms with E-state index in [1.165, 1.54) is 18.2 Å². The van der Waals surface area contributed by atoms with Gasteiger partial charge in [-0.25, -0.2) is 0 Å². The Bertz CT molecular complexity index is 414. The fourth-order valence-electron chi connectivity index (χ4n) is 1.47. The van der Waals surface area contributed by atoms with E-state index in [-0.39, 0.29) is 5.69 Å². The topological polar surface area (TPSA) is 49.3 Å². The zero-order valence-electron chi connectivity index (χ0n) is 9.79. The number of aliphatic hydroxyl groups is 1. The molecule has 0 aromatic heterocycles. The molecule has 100 valence electrons. The molecule has 6 heteroatoms. The van der Waals surface area contributed by atoms with Crippen LogP contribution in [0.5, 0.6) is 0 Å². The Labute approximate surface area is 103 Å². The number of hydrogen-bond donors (Lipinski definition) is 2. The number of hydrogen-bond acceptors (Lipinski definition) is 2. The van der Waals surface area contributed by atoms with E-state index in [0.717, 1.165) is 6.07 Å². The first-order valence-corrected chi connectivity index (χ1v) is 5.48. The highest BCUT2D eigenvalue weighted by molar-refractivity contribution is 5.93. The van der Waals surface area contributed by atoms with Gasteiger partial charge in [-0.3, -0.25) is 4.79 Å². The van der Waals surface area contributed by atoms with Gasteiger partial charge in [-0.1, -0.05) is 19.1 Å². The summed E-state index contributed by atoms with van der Waals surface area (Å²) in [5.74, 6) is -1.32. The fraction of sp³-hybridized carbons (Fsp3) is 0.417. The van der Waals surface area contributed by atoms with E-state index in [4.69, 9.17) is 5.11 Å². The monoisotopic (exact) mass is 261 g/mol. The van der Waals surface area contributed by atoms with Crippen LogP contribution < -0.4 is 5.32 Å². The predicted molar refractivity (Wildman–Crippen MR) is 60.9 cm³/mol. The maximum Gasteiger partial charge on any atom is 0.418 e. The predicted octanol–water partition coefficient (Wildman–Crippen LogP) is 2.66. The highest BCUT2D eigenvalue weighted by Gasteiger charge is 2.33. The average molecular weight is 261 g/mol. The van der Waals surface area contributed by atoms with Crippen LogP contribution in [-0.4, -0.2) is 17.6 Å². The van der Waals surface area contributed by atoms with Crippen molar-refractivity contribution in [3.8, 4) is 0 Å². The zero-order chi connectivity index (χ0) is 13.8. The molecule has 0 saturated heterocycles. The quantitative estimate of drug-likeness (QED) is 0.875. The number of aliphatic hydroxyl groups excluding tert-OH is 1. The molecule has 1 rings (SSSR count). The Morgan fingerprint density at radius 1 is 1.39 bits per heavy atom. The number of benzene rings is 1. The molecule has 0 fully saturated rings. The second-order valence-corrected chi connectivity index (χ2v) is 3.82. The van der Waals surface area contributed by atoms with Crippen LogP contribution in [0.15, 0.2) is 24.3 Å². The summed E-state index contributed by atoms with van der Waals surface area (Å²) in [4.78, 5) is 11.6. The summed E-state index contributed by atoms with van der Waals surface area (Å²) in [5.41, 5.74) is -1.19. The number of anilines is 1. The summed E-state index contributed by atoms with van der Waals surface area (Å²) in [6.45, 7) is 1.28. The molecule has 1 aromatic carbocycles. The molecule has 0 heterocycles. The van der Waals surface area contributed by atoms with Gasteiger partial charge in [-0.2, -0.15) is 13.2 Å². The van der Waals surface area contributed by atoms with Gasteiger partial charge >= 0.3 is 6.18 Å². The maximum absolute atomic E-state index is 12.7. The van der Waals surface area contributed by atoms with Crippen LogP contribution >= 0.6 is 0 Å². The second-order valence-electron chi connectivity index (χ2n) is 3.82. The minimum Gasteiger partial charge on any atom is -0.396 e. The van der Waals surface area contributed by atoms with Gasteiger partial charge in [0.25, 0.3) is 0 Å². The van der Waals surface area contributed by atoms with Gasteiger partial charge in [0.05, 0.1) is 23.8 Å². The number of nitrogens with one attached hydrogen (secondary N) is 1. The summed E-state index contributed by atoms with van der Waals surface area (Å²) >= 11 is 0. The van der Waals surface area contributed by atoms with Gasteiger partial charge in [0, 0.05) is 0 Å².